The summed E-state index contributed by atoms with van der Waals surface area (Å²) in [5.41, 5.74) is 0.996. The van der Waals surface area contributed by atoms with Gasteiger partial charge in [-0.25, -0.2) is 8.60 Å². The molecule has 3 atom stereocenters. The van der Waals surface area contributed by atoms with E-state index in [9.17, 15) is 18.2 Å². The number of carbonyl (C=O) groups is 2. The number of carboxylic acids is 1. The highest BCUT2D eigenvalue weighted by atomic mass is 35.5. The van der Waals surface area contributed by atoms with Crippen molar-refractivity contribution in [1.29, 1.82) is 0 Å². The van der Waals surface area contributed by atoms with Gasteiger partial charge in [-0.2, -0.15) is 0 Å². The summed E-state index contributed by atoms with van der Waals surface area (Å²) < 4.78 is 34.7. The number of rotatable bonds is 9. The number of para-hydroxylation sites is 1. The molecule has 3 unspecified atom stereocenters. The molecule has 1 aliphatic heterocycles. The maximum atomic E-state index is 14.6. The summed E-state index contributed by atoms with van der Waals surface area (Å²) in [5, 5.41) is 9.68. The van der Waals surface area contributed by atoms with Crippen LogP contribution in [0.1, 0.15) is 30.9 Å². The number of carboxylic acid groups (broad SMARTS) is 1. The Kier molecular flexibility index (Phi) is 7.31. The molecule has 176 valence electrons. The average Bonchev–Trinajstić information content (AvgIpc) is 3.63. The topological polar surface area (TPSA) is 87.2 Å². The van der Waals surface area contributed by atoms with Crippen molar-refractivity contribution in [2.75, 3.05) is 24.0 Å². The predicted octanol–water partition coefficient (Wildman–Crippen LogP) is 3.56. The van der Waals surface area contributed by atoms with Crippen molar-refractivity contribution >= 4 is 40.2 Å². The van der Waals surface area contributed by atoms with Crippen molar-refractivity contribution in [2.45, 2.75) is 36.7 Å². The lowest BCUT2D eigenvalue weighted by atomic mass is 10.0. The molecule has 1 aliphatic carbocycles. The molecule has 10 heteroatoms. The predicted molar refractivity (Wildman–Crippen MR) is 123 cm³/mol. The van der Waals surface area contributed by atoms with E-state index in [1.54, 1.807) is 42.5 Å². The average molecular weight is 495 g/mol. The summed E-state index contributed by atoms with van der Waals surface area (Å²) in [6.07, 6.45) is 0.0553. The van der Waals surface area contributed by atoms with E-state index in [0.29, 0.717) is 5.02 Å². The molecule has 7 nitrogen and oxygen atoms in total. The van der Waals surface area contributed by atoms with Gasteiger partial charge < -0.3 is 14.7 Å². The Bertz CT molecular complexity index is 1050. The van der Waals surface area contributed by atoms with Gasteiger partial charge in [0.1, 0.15) is 22.9 Å². The quantitative estimate of drug-likeness (QED) is 0.576. The first-order valence-corrected chi connectivity index (χ1v) is 12.2. The Morgan fingerprint density at radius 3 is 2.55 bits per heavy atom. The first-order chi connectivity index (χ1) is 15.8. The highest BCUT2D eigenvalue weighted by molar-refractivity contribution is 7.87. The number of amides is 1. The van der Waals surface area contributed by atoms with E-state index in [0.717, 1.165) is 18.4 Å². The Morgan fingerprint density at radius 2 is 1.91 bits per heavy atom. The van der Waals surface area contributed by atoms with E-state index in [-0.39, 0.29) is 30.6 Å². The van der Waals surface area contributed by atoms with Crippen LogP contribution < -0.4 is 4.31 Å². The molecule has 1 heterocycles. The zero-order valence-corrected chi connectivity index (χ0v) is 19.3. The van der Waals surface area contributed by atoms with Crippen LogP contribution in [0.4, 0.5) is 10.1 Å². The molecule has 1 N–H and O–H groups in total. The summed E-state index contributed by atoms with van der Waals surface area (Å²) in [4.78, 5) is 25.9. The fourth-order valence-electron chi connectivity index (χ4n) is 3.85. The molecular formula is C23H24ClFN2O5S. The summed E-state index contributed by atoms with van der Waals surface area (Å²) >= 11 is 6.00. The second kappa shape index (κ2) is 10.2. The number of morpholine rings is 1. The lowest BCUT2D eigenvalue weighted by Gasteiger charge is -2.40. The lowest BCUT2D eigenvalue weighted by molar-refractivity contribution is -0.165. The molecule has 0 spiro atoms. The van der Waals surface area contributed by atoms with E-state index in [2.05, 4.69) is 0 Å². The largest absolute Gasteiger partial charge is 0.481 e. The van der Waals surface area contributed by atoms with Crippen LogP contribution in [0.2, 0.25) is 5.02 Å². The third-order valence-corrected chi connectivity index (χ3v) is 7.80. The van der Waals surface area contributed by atoms with Crippen LogP contribution in [-0.4, -0.2) is 57.1 Å². The van der Waals surface area contributed by atoms with Crippen LogP contribution in [0.15, 0.2) is 48.5 Å². The summed E-state index contributed by atoms with van der Waals surface area (Å²) in [5.74, 6) is -2.09. The Hall–Kier alpha value is -2.49. The number of hydrogen-bond acceptors (Lipinski definition) is 4. The molecule has 0 bridgehead atoms. The third kappa shape index (κ3) is 5.54. The van der Waals surface area contributed by atoms with Crippen LogP contribution in [-0.2, 0) is 25.3 Å². The maximum Gasteiger partial charge on any atom is 0.306 e. The number of anilines is 1. The Morgan fingerprint density at radius 1 is 1.21 bits per heavy atom. The van der Waals surface area contributed by atoms with Crippen LogP contribution in [0.25, 0.3) is 0 Å². The van der Waals surface area contributed by atoms with Crippen molar-refractivity contribution in [3.63, 3.8) is 0 Å². The number of hydrogen-bond donors (Lipinski definition) is 1. The van der Waals surface area contributed by atoms with E-state index in [1.165, 1.54) is 15.3 Å². The van der Waals surface area contributed by atoms with Crippen LogP contribution in [0.5, 0.6) is 0 Å². The fraction of sp³-hybridized carbons (Fsp3) is 0.391. The molecule has 2 aromatic rings. The number of ether oxygens (including phenoxy) is 1. The van der Waals surface area contributed by atoms with E-state index in [4.69, 9.17) is 21.4 Å². The zero-order valence-electron chi connectivity index (χ0n) is 17.7. The van der Waals surface area contributed by atoms with Gasteiger partial charge in [-0.1, -0.05) is 35.9 Å². The van der Waals surface area contributed by atoms with Gasteiger partial charge in [0.05, 0.1) is 30.0 Å². The highest BCUT2D eigenvalue weighted by Crippen LogP contribution is 2.33. The smallest absolute Gasteiger partial charge is 0.306 e. The Labute approximate surface area is 198 Å². The van der Waals surface area contributed by atoms with E-state index < -0.39 is 47.2 Å². The van der Waals surface area contributed by atoms with E-state index in [1.807, 2.05) is 0 Å². The van der Waals surface area contributed by atoms with Gasteiger partial charge >= 0.3 is 5.97 Å². The second-order valence-electron chi connectivity index (χ2n) is 8.05. The number of nitrogens with zero attached hydrogens (tertiary/aromatic N) is 2. The van der Waals surface area contributed by atoms with Crippen molar-refractivity contribution < 1.29 is 28.0 Å². The van der Waals surface area contributed by atoms with Gasteiger partial charge in [0.2, 0.25) is 0 Å². The minimum Gasteiger partial charge on any atom is -0.481 e. The van der Waals surface area contributed by atoms with Gasteiger partial charge in [-0.05, 0) is 42.7 Å². The van der Waals surface area contributed by atoms with Gasteiger partial charge in [0.15, 0.2) is 0 Å². The molecule has 4 rings (SSSR count). The van der Waals surface area contributed by atoms with E-state index >= 15 is 0 Å². The fourth-order valence-corrected chi connectivity index (χ4v) is 5.48. The lowest BCUT2D eigenvalue weighted by Crippen LogP contribution is -2.52. The molecule has 1 saturated heterocycles. The second-order valence-corrected chi connectivity index (χ2v) is 10.1. The highest BCUT2D eigenvalue weighted by Gasteiger charge is 2.39. The van der Waals surface area contributed by atoms with Crippen LogP contribution >= 0.6 is 11.6 Å². The first kappa shape index (κ1) is 23.7. The molecule has 0 aromatic heterocycles. The number of halogens is 2. The standard InChI is InChI=1S/C23H24ClFN2O5S/c24-16-7-5-15(6-8-16)20-14-32-21(13-22(28)29)23(30)26(20)11-12-27(33(31)17-9-10-17)19-4-2-1-3-18(19)25/h1-8,17,20-21H,9-14H2,(H,28,29). The van der Waals surface area contributed by atoms with Crippen molar-refractivity contribution in [3.05, 3.63) is 64.9 Å². The van der Waals surface area contributed by atoms with Crippen LogP contribution in [0.3, 0.4) is 0 Å². The Balaban J connectivity index is 1.60. The van der Waals surface area contributed by atoms with Crippen molar-refractivity contribution in [3.8, 4) is 0 Å². The molecule has 1 amide bonds. The molecular weight excluding hydrogens is 471 g/mol. The van der Waals surface area contributed by atoms with Crippen LogP contribution in [0, 0.1) is 5.82 Å². The zero-order chi connectivity index (χ0) is 23.5. The first-order valence-electron chi connectivity index (χ1n) is 10.7. The molecule has 2 aliphatic rings. The molecule has 0 radical (unpaired) electrons. The summed E-state index contributed by atoms with van der Waals surface area (Å²) in [7, 11) is -1.44. The molecule has 1 saturated carbocycles. The summed E-state index contributed by atoms with van der Waals surface area (Å²) in [6.45, 7) is 0.356. The van der Waals surface area contributed by atoms with Gasteiger partial charge in [-0.3, -0.25) is 13.9 Å². The van der Waals surface area contributed by atoms with Gasteiger partial charge in [0.25, 0.3) is 5.91 Å². The minimum atomic E-state index is -1.44. The third-order valence-electron chi connectivity index (χ3n) is 5.70. The van der Waals surface area contributed by atoms with Crippen molar-refractivity contribution in [2.24, 2.45) is 0 Å². The number of aliphatic carboxylic acids is 1. The van der Waals surface area contributed by atoms with Gasteiger partial charge in [0, 0.05) is 18.1 Å². The summed E-state index contributed by atoms with van der Waals surface area (Å²) in [6, 6.07) is 12.6. The van der Waals surface area contributed by atoms with Gasteiger partial charge in [-0.15, -0.1) is 0 Å². The van der Waals surface area contributed by atoms with Crippen molar-refractivity contribution in [1.82, 2.24) is 4.90 Å². The monoisotopic (exact) mass is 494 g/mol. The SMILES string of the molecule is O=C(O)CC1OCC(c2ccc(Cl)cc2)N(CCN(c2ccccc2F)S(=O)C2CC2)C1=O. The number of carbonyl (C=O) groups excluding carboxylic acids is 1. The normalized spacial score (nSPS) is 21.6. The number of benzene rings is 2. The minimum absolute atomic E-state index is 0.0307. The molecule has 2 fully saturated rings. The maximum absolute atomic E-state index is 14.6. The molecule has 33 heavy (non-hydrogen) atoms. The molecule has 2 aromatic carbocycles.